The summed E-state index contributed by atoms with van der Waals surface area (Å²) in [5.41, 5.74) is 2.52. The van der Waals surface area contributed by atoms with Gasteiger partial charge in [0, 0.05) is 18.9 Å². The molecule has 0 fully saturated rings. The molecule has 0 aliphatic heterocycles. The van der Waals surface area contributed by atoms with E-state index in [1.807, 2.05) is 12.1 Å². The number of carbonyl (C=O) groups is 1. The molecule has 0 aliphatic rings. The number of nitrogens with one attached hydrogen (secondary N) is 2. The van der Waals surface area contributed by atoms with Crippen LogP contribution >= 0.6 is 0 Å². The van der Waals surface area contributed by atoms with Crippen molar-refractivity contribution in [2.24, 2.45) is 0 Å². The number of fused-ring (bicyclic) bond motifs is 1. The van der Waals surface area contributed by atoms with Crippen LogP contribution in [0.5, 0.6) is 0 Å². The van der Waals surface area contributed by atoms with Gasteiger partial charge in [-0.3, -0.25) is 9.89 Å². The highest BCUT2D eigenvalue weighted by Gasteiger charge is 2.14. The summed E-state index contributed by atoms with van der Waals surface area (Å²) in [4.78, 5) is 16.1. The zero-order valence-electron chi connectivity index (χ0n) is 11.9. The number of hydrogen-bond donors (Lipinski definition) is 2. The number of H-pyrrole nitrogens is 1. The quantitative estimate of drug-likeness (QED) is 0.768. The molecule has 2 N–H and O–H groups in total. The molecule has 21 heavy (non-hydrogen) atoms. The van der Waals surface area contributed by atoms with Gasteiger partial charge < -0.3 is 9.73 Å². The van der Waals surface area contributed by atoms with Gasteiger partial charge in [0.1, 0.15) is 5.76 Å². The lowest BCUT2D eigenvalue weighted by molar-refractivity contribution is 0.0948. The number of rotatable bonds is 4. The number of carbonyl (C=O) groups excluding carboxylic acids is 1. The van der Waals surface area contributed by atoms with E-state index in [2.05, 4.69) is 26.6 Å². The standard InChI is InChI=1S/C15H16N4O2/c1-9-14(18-10(2)21-9)15(20)16-6-5-11-3-4-13-12(7-11)8-17-19-13/h3-4,7-8H,5-6H2,1-2H3,(H,16,20)(H,17,19). The van der Waals surface area contributed by atoms with E-state index in [4.69, 9.17) is 4.42 Å². The smallest absolute Gasteiger partial charge is 0.273 e. The Balaban J connectivity index is 1.60. The van der Waals surface area contributed by atoms with Crippen molar-refractivity contribution in [1.29, 1.82) is 0 Å². The monoisotopic (exact) mass is 284 g/mol. The Morgan fingerprint density at radius 3 is 3.00 bits per heavy atom. The van der Waals surface area contributed by atoms with Crippen molar-refractivity contribution in [2.45, 2.75) is 20.3 Å². The van der Waals surface area contributed by atoms with Crippen LogP contribution < -0.4 is 5.32 Å². The van der Waals surface area contributed by atoms with Gasteiger partial charge in [-0.1, -0.05) is 6.07 Å². The zero-order valence-corrected chi connectivity index (χ0v) is 11.9. The van der Waals surface area contributed by atoms with Crippen molar-refractivity contribution in [3.8, 4) is 0 Å². The first kappa shape index (κ1) is 13.4. The predicted octanol–water partition coefficient (Wildman–Crippen LogP) is 2.14. The Labute approximate surface area is 121 Å². The molecule has 0 spiro atoms. The molecule has 0 saturated heterocycles. The molecule has 3 rings (SSSR count). The number of aromatic amines is 1. The summed E-state index contributed by atoms with van der Waals surface area (Å²) < 4.78 is 5.26. The SMILES string of the molecule is Cc1nc(C(=O)NCCc2ccc3[nH]ncc3c2)c(C)o1. The van der Waals surface area contributed by atoms with Crippen LogP contribution in [0.2, 0.25) is 0 Å². The molecule has 6 heteroatoms. The Kier molecular flexibility index (Phi) is 3.43. The molecule has 0 saturated carbocycles. The summed E-state index contributed by atoms with van der Waals surface area (Å²) in [6.07, 6.45) is 2.54. The van der Waals surface area contributed by atoms with E-state index in [0.29, 0.717) is 23.9 Å². The van der Waals surface area contributed by atoms with Gasteiger partial charge in [-0.2, -0.15) is 5.10 Å². The molecule has 1 aromatic carbocycles. The van der Waals surface area contributed by atoms with Crippen LogP contribution in [-0.4, -0.2) is 27.6 Å². The van der Waals surface area contributed by atoms with Gasteiger partial charge in [0.2, 0.25) is 0 Å². The van der Waals surface area contributed by atoms with Crippen molar-refractivity contribution in [1.82, 2.24) is 20.5 Å². The number of hydrogen-bond acceptors (Lipinski definition) is 4. The van der Waals surface area contributed by atoms with Gasteiger partial charge in [0.05, 0.1) is 11.7 Å². The third-order valence-corrected chi connectivity index (χ3v) is 3.32. The summed E-state index contributed by atoms with van der Waals surface area (Å²) in [5, 5.41) is 10.8. The highest BCUT2D eigenvalue weighted by atomic mass is 16.4. The Morgan fingerprint density at radius 2 is 2.24 bits per heavy atom. The number of aromatic nitrogens is 3. The maximum atomic E-state index is 12.0. The fourth-order valence-corrected chi connectivity index (χ4v) is 2.29. The molecule has 0 atom stereocenters. The molecule has 3 aromatic rings. The average molecular weight is 284 g/mol. The summed E-state index contributed by atoms with van der Waals surface area (Å²) in [7, 11) is 0. The maximum Gasteiger partial charge on any atom is 0.273 e. The molecule has 2 aromatic heterocycles. The molecule has 1 amide bonds. The van der Waals surface area contributed by atoms with Crippen LogP contribution in [0.4, 0.5) is 0 Å². The molecule has 0 bridgehead atoms. The second-order valence-electron chi connectivity index (χ2n) is 4.94. The molecule has 0 unspecified atom stereocenters. The van der Waals surface area contributed by atoms with Crippen molar-refractivity contribution in [3.63, 3.8) is 0 Å². The minimum Gasteiger partial charge on any atom is -0.445 e. The van der Waals surface area contributed by atoms with Crippen LogP contribution in [0.3, 0.4) is 0 Å². The summed E-state index contributed by atoms with van der Waals surface area (Å²) in [6.45, 7) is 4.01. The molecule has 6 nitrogen and oxygen atoms in total. The van der Waals surface area contributed by atoms with E-state index >= 15 is 0 Å². The fraction of sp³-hybridized carbons (Fsp3) is 0.267. The second-order valence-corrected chi connectivity index (χ2v) is 4.94. The summed E-state index contributed by atoms with van der Waals surface area (Å²) in [6, 6.07) is 6.08. The van der Waals surface area contributed by atoms with Crippen LogP contribution in [0.25, 0.3) is 10.9 Å². The van der Waals surface area contributed by atoms with E-state index < -0.39 is 0 Å². The lowest BCUT2D eigenvalue weighted by Crippen LogP contribution is -2.26. The van der Waals surface area contributed by atoms with Crippen molar-refractivity contribution in [2.75, 3.05) is 6.54 Å². The molecular formula is C15H16N4O2. The van der Waals surface area contributed by atoms with Gasteiger partial charge in [0.25, 0.3) is 5.91 Å². The lowest BCUT2D eigenvalue weighted by atomic mass is 10.1. The number of amides is 1. The van der Waals surface area contributed by atoms with Crippen molar-refractivity contribution < 1.29 is 9.21 Å². The number of aryl methyl sites for hydroxylation is 2. The van der Waals surface area contributed by atoms with E-state index in [-0.39, 0.29) is 5.91 Å². The van der Waals surface area contributed by atoms with Crippen molar-refractivity contribution >= 4 is 16.8 Å². The number of benzene rings is 1. The highest BCUT2D eigenvalue weighted by molar-refractivity contribution is 5.93. The van der Waals surface area contributed by atoms with Gasteiger partial charge in [-0.25, -0.2) is 4.98 Å². The Morgan fingerprint density at radius 1 is 1.38 bits per heavy atom. The van der Waals surface area contributed by atoms with E-state index in [1.54, 1.807) is 20.0 Å². The normalized spacial score (nSPS) is 11.0. The average Bonchev–Trinajstić information content (AvgIpc) is 3.04. The molecule has 0 aliphatic carbocycles. The topological polar surface area (TPSA) is 83.8 Å². The van der Waals surface area contributed by atoms with Gasteiger partial charge >= 0.3 is 0 Å². The lowest BCUT2D eigenvalue weighted by Gasteiger charge is -2.04. The Bertz CT molecular complexity index is 788. The van der Waals surface area contributed by atoms with Gasteiger partial charge in [-0.15, -0.1) is 0 Å². The Hall–Kier alpha value is -2.63. The summed E-state index contributed by atoms with van der Waals surface area (Å²) >= 11 is 0. The second kappa shape index (κ2) is 5.40. The first-order chi connectivity index (χ1) is 10.1. The van der Waals surface area contributed by atoms with Crippen LogP contribution in [0.15, 0.2) is 28.8 Å². The van der Waals surface area contributed by atoms with Gasteiger partial charge in [0.15, 0.2) is 11.6 Å². The highest BCUT2D eigenvalue weighted by Crippen LogP contribution is 2.13. The number of oxazole rings is 1. The fourth-order valence-electron chi connectivity index (χ4n) is 2.29. The first-order valence-corrected chi connectivity index (χ1v) is 6.78. The molecule has 108 valence electrons. The van der Waals surface area contributed by atoms with Crippen LogP contribution in [0.1, 0.15) is 27.7 Å². The maximum absolute atomic E-state index is 12.0. The van der Waals surface area contributed by atoms with Crippen molar-refractivity contribution in [3.05, 3.63) is 47.3 Å². The third-order valence-electron chi connectivity index (χ3n) is 3.32. The largest absolute Gasteiger partial charge is 0.445 e. The molecular weight excluding hydrogens is 268 g/mol. The zero-order chi connectivity index (χ0) is 14.8. The van der Waals surface area contributed by atoms with Crippen LogP contribution in [0, 0.1) is 13.8 Å². The van der Waals surface area contributed by atoms with E-state index in [0.717, 1.165) is 22.9 Å². The minimum absolute atomic E-state index is 0.200. The van der Waals surface area contributed by atoms with E-state index in [1.165, 1.54) is 0 Å². The summed E-state index contributed by atoms with van der Waals surface area (Å²) in [5.74, 6) is 0.849. The third kappa shape index (κ3) is 2.79. The number of nitrogens with zero attached hydrogens (tertiary/aromatic N) is 2. The van der Waals surface area contributed by atoms with Crippen LogP contribution in [-0.2, 0) is 6.42 Å². The van der Waals surface area contributed by atoms with Gasteiger partial charge in [-0.05, 0) is 31.0 Å². The minimum atomic E-state index is -0.200. The first-order valence-electron chi connectivity index (χ1n) is 6.78. The molecule has 2 heterocycles. The molecule has 0 radical (unpaired) electrons. The van der Waals surface area contributed by atoms with E-state index in [9.17, 15) is 4.79 Å². The predicted molar refractivity (Wildman–Crippen MR) is 78.1 cm³/mol.